The quantitative estimate of drug-likeness (QED) is 0.776. The lowest BCUT2D eigenvalue weighted by atomic mass is 9.81. The fourth-order valence-corrected chi connectivity index (χ4v) is 1.43. The Morgan fingerprint density at radius 2 is 1.81 bits per heavy atom. The van der Waals surface area contributed by atoms with Crippen molar-refractivity contribution in [3.05, 3.63) is 35.9 Å². The Kier molecular flexibility index (Phi) is 3.82. The standard InChI is InChI=1S/C13H16O3/c1-3-13(2,12(15)16)9-11(14)10-7-5-4-6-8-10/h4-8H,3,9H2,1-2H3,(H,15,16)/t13-/m0/s1. The number of carboxylic acids is 1. The van der Waals surface area contributed by atoms with Gasteiger partial charge < -0.3 is 5.11 Å². The van der Waals surface area contributed by atoms with E-state index in [1.54, 1.807) is 38.1 Å². The molecule has 1 aromatic carbocycles. The summed E-state index contributed by atoms with van der Waals surface area (Å²) < 4.78 is 0. The molecule has 0 spiro atoms. The molecule has 1 rings (SSSR count). The number of carboxylic acid groups (broad SMARTS) is 1. The highest BCUT2D eigenvalue weighted by molar-refractivity contribution is 5.98. The minimum atomic E-state index is -0.965. The molecule has 1 atom stereocenters. The highest BCUT2D eigenvalue weighted by Crippen LogP contribution is 2.27. The van der Waals surface area contributed by atoms with Crippen molar-refractivity contribution in [2.24, 2.45) is 5.41 Å². The molecule has 0 amide bonds. The number of carbonyl (C=O) groups is 2. The maximum absolute atomic E-state index is 11.9. The third kappa shape index (κ3) is 2.69. The van der Waals surface area contributed by atoms with Crippen molar-refractivity contribution >= 4 is 11.8 Å². The van der Waals surface area contributed by atoms with Crippen LogP contribution in [0.3, 0.4) is 0 Å². The summed E-state index contributed by atoms with van der Waals surface area (Å²) >= 11 is 0. The van der Waals surface area contributed by atoms with Crippen LogP contribution in [0.2, 0.25) is 0 Å². The first-order valence-corrected chi connectivity index (χ1v) is 5.31. The van der Waals surface area contributed by atoms with Gasteiger partial charge in [-0.05, 0) is 13.3 Å². The highest BCUT2D eigenvalue weighted by Gasteiger charge is 2.33. The summed E-state index contributed by atoms with van der Waals surface area (Å²) in [7, 11) is 0. The molecule has 3 nitrogen and oxygen atoms in total. The van der Waals surface area contributed by atoms with Crippen molar-refractivity contribution in [3.63, 3.8) is 0 Å². The Balaban J connectivity index is 2.82. The SMILES string of the molecule is CC[C@@](C)(CC(=O)c1ccccc1)C(=O)O. The fraction of sp³-hybridized carbons (Fsp3) is 0.385. The molecule has 86 valence electrons. The van der Waals surface area contributed by atoms with Gasteiger partial charge in [0.1, 0.15) is 0 Å². The Hall–Kier alpha value is -1.64. The van der Waals surface area contributed by atoms with Crippen molar-refractivity contribution < 1.29 is 14.7 Å². The summed E-state index contributed by atoms with van der Waals surface area (Å²) in [5.74, 6) is -1.04. The van der Waals surface area contributed by atoms with E-state index >= 15 is 0 Å². The van der Waals surface area contributed by atoms with Gasteiger partial charge in [-0.15, -0.1) is 0 Å². The highest BCUT2D eigenvalue weighted by atomic mass is 16.4. The van der Waals surface area contributed by atoms with Crippen LogP contribution < -0.4 is 0 Å². The number of aliphatic carboxylic acids is 1. The van der Waals surface area contributed by atoms with Crippen LogP contribution in [0.5, 0.6) is 0 Å². The largest absolute Gasteiger partial charge is 0.481 e. The first-order chi connectivity index (χ1) is 7.49. The van der Waals surface area contributed by atoms with E-state index in [-0.39, 0.29) is 12.2 Å². The summed E-state index contributed by atoms with van der Waals surface area (Å²) in [5.41, 5.74) is -0.393. The van der Waals surface area contributed by atoms with Crippen molar-refractivity contribution in [1.82, 2.24) is 0 Å². The fourth-order valence-electron chi connectivity index (χ4n) is 1.43. The molecule has 16 heavy (non-hydrogen) atoms. The normalized spacial score (nSPS) is 14.1. The van der Waals surface area contributed by atoms with Gasteiger partial charge in [0.15, 0.2) is 5.78 Å². The molecule has 0 saturated heterocycles. The molecule has 0 unspecified atom stereocenters. The Bertz CT molecular complexity index is 383. The molecule has 0 aliphatic heterocycles. The van der Waals surface area contributed by atoms with Crippen LogP contribution in [0.4, 0.5) is 0 Å². The van der Waals surface area contributed by atoms with Gasteiger partial charge in [-0.1, -0.05) is 37.3 Å². The van der Waals surface area contributed by atoms with Crippen LogP contribution in [0.15, 0.2) is 30.3 Å². The molecule has 0 bridgehead atoms. The van der Waals surface area contributed by atoms with Crippen LogP contribution in [0.25, 0.3) is 0 Å². The molecule has 0 fully saturated rings. The van der Waals surface area contributed by atoms with Crippen LogP contribution in [-0.2, 0) is 4.79 Å². The Labute approximate surface area is 95.1 Å². The number of hydrogen-bond donors (Lipinski definition) is 1. The molecular weight excluding hydrogens is 204 g/mol. The van der Waals surface area contributed by atoms with Crippen LogP contribution in [0.1, 0.15) is 37.0 Å². The number of Topliss-reactive ketones (excluding diaryl/α,β-unsaturated/α-hetero) is 1. The second kappa shape index (κ2) is 4.92. The summed E-state index contributed by atoms with van der Waals surface area (Å²) in [6.45, 7) is 3.39. The van der Waals surface area contributed by atoms with Gasteiger partial charge in [-0.3, -0.25) is 9.59 Å². The van der Waals surface area contributed by atoms with Gasteiger partial charge in [0.25, 0.3) is 0 Å². The lowest BCUT2D eigenvalue weighted by molar-refractivity contribution is -0.148. The molecule has 3 heteroatoms. The molecule has 0 aliphatic rings. The maximum atomic E-state index is 11.9. The summed E-state index contributed by atoms with van der Waals surface area (Å²) in [6, 6.07) is 8.79. The number of rotatable bonds is 5. The minimum Gasteiger partial charge on any atom is -0.481 e. The Morgan fingerprint density at radius 1 is 1.25 bits per heavy atom. The molecule has 0 aromatic heterocycles. The van der Waals surface area contributed by atoms with Gasteiger partial charge in [-0.25, -0.2) is 0 Å². The van der Waals surface area contributed by atoms with E-state index in [0.29, 0.717) is 12.0 Å². The second-order valence-electron chi connectivity index (χ2n) is 4.19. The van der Waals surface area contributed by atoms with E-state index in [0.717, 1.165) is 0 Å². The van der Waals surface area contributed by atoms with E-state index < -0.39 is 11.4 Å². The minimum absolute atomic E-state index is 0.0445. The van der Waals surface area contributed by atoms with E-state index in [2.05, 4.69) is 0 Å². The van der Waals surface area contributed by atoms with Gasteiger partial charge in [-0.2, -0.15) is 0 Å². The smallest absolute Gasteiger partial charge is 0.309 e. The lowest BCUT2D eigenvalue weighted by Crippen LogP contribution is -2.29. The third-order valence-corrected chi connectivity index (χ3v) is 2.94. The molecule has 1 aromatic rings. The zero-order valence-electron chi connectivity index (χ0n) is 9.56. The lowest BCUT2D eigenvalue weighted by Gasteiger charge is -2.21. The monoisotopic (exact) mass is 220 g/mol. The molecule has 0 radical (unpaired) electrons. The first-order valence-electron chi connectivity index (χ1n) is 5.31. The summed E-state index contributed by atoms with van der Waals surface area (Å²) in [5, 5.41) is 9.08. The second-order valence-corrected chi connectivity index (χ2v) is 4.19. The Morgan fingerprint density at radius 3 is 2.25 bits per heavy atom. The van der Waals surface area contributed by atoms with Gasteiger partial charge in [0.2, 0.25) is 0 Å². The third-order valence-electron chi connectivity index (χ3n) is 2.94. The molecule has 1 N–H and O–H groups in total. The number of carbonyl (C=O) groups excluding carboxylic acids is 1. The summed E-state index contributed by atoms with van der Waals surface area (Å²) in [4.78, 5) is 22.9. The average Bonchev–Trinajstić information content (AvgIpc) is 2.29. The zero-order chi connectivity index (χ0) is 12.2. The van der Waals surface area contributed by atoms with Crippen molar-refractivity contribution in [3.8, 4) is 0 Å². The van der Waals surface area contributed by atoms with Crippen LogP contribution in [0, 0.1) is 5.41 Å². The predicted molar refractivity (Wildman–Crippen MR) is 61.4 cm³/mol. The predicted octanol–water partition coefficient (Wildman–Crippen LogP) is 2.76. The van der Waals surface area contributed by atoms with Crippen LogP contribution >= 0.6 is 0 Å². The van der Waals surface area contributed by atoms with Crippen molar-refractivity contribution in [1.29, 1.82) is 0 Å². The average molecular weight is 220 g/mol. The summed E-state index contributed by atoms with van der Waals surface area (Å²) in [6.07, 6.45) is 0.490. The number of benzene rings is 1. The van der Waals surface area contributed by atoms with Gasteiger partial charge >= 0.3 is 5.97 Å². The number of ketones is 1. The molecule has 0 saturated carbocycles. The molecule has 0 aliphatic carbocycles. The molecular formula is C13H16O3. The van der Waals surface area contributed by atoms with E-state index in [1.165, 1.54) is 0 Å². The van der Waals surface area contributed by atoms with Crippen LogP contribution in [-0.4, -0.2) is 16.9 Å². The first kappa shape index (κ1) is 12.4. The van der Waals surface area contributed by atoms with Crippen molar-refractivity contribution in [2.45, 2.75) is 26.7 Å². The number of hydrogen-bond acceptors (Lipinski definition) is 2. The molecule has 0 heterocycles. The topological polar surface area (TPSA) is 54.4 Å². The van der Waals surface area contributed by atoms with Crippen molar-refractivity contribution in [2.75, 3.05) is 0 Å². The van der Waals surface area contributed by atoms with E-state index in [1.807, 2.05) is 6.07 Å². The maximum Gasteiger partial charge on any atom is 0.309 e. The van der Waals surface area contributed by atoms with Gasteiger partial charge in [0, 0.05) is 12.0 Å². The van der Waals surface area contributed by atoms with E-state index in [9.17, 15) is 9.59 Å². The van der Waals surface area contributed by atoms with E-state index in [4.69, 9.17) is 5.11 Å². The zero-order valence-corrected chi connectivity index (χ0v) is 9.56. The van der Waals surface area contributed by atoms with Gasteiger partial charge in [0.05, 0.1) is 5.41 Å².